The van der Waals surface area contributed by atoms with E-state index in [1.165, 1.54) is 0 Å². The second-order valence-corrected chi connectivity index (χ2v) is 10.9. The molecule has 164 valence electrons. The summed E-state index contributed by atoms with van der Waals surface area (Å²) < 4.78 is 33.2. The van der Waals surface area contributed by atoms with E-state index in [0.717, 1.165) is 28.7 Å². The van der Waals surface area contributed by atoms with E-state index in [0.29, 0.717) is 53.4 Å². The van der Waals surface area contributed by atoms with E-state index in [1.807, 2.05) is 6.07 Å². The van der Waals surface area contributed by atoms with E-state index in [1.54, 1.807) is 37.4 Å². The van der Waals surface area contributed by atoms with Crippen molar-refractivity contribution in [3.05, 3.63) is 42.2 Å². The van der Waals surface area contributed by atoms with Crippen molar-refractivity contribution >= 4 is 9.84 Å². The predicted octanol–water partition coefficient (Wildman–Crippen LogP) is 3.82. The summed E-state index contributed by atoms with van der Waals surface area (Å²) in [7, 11) is -3.37. The van der Waals surface area contributed by atoms with E-state index in [2.05, 4.69) is 4.98 Å². The number of rotatable bonds is 5. The van der Waals surface area contributed by atoms with Crippen molar-refractivity contribution < 1.29 is 23.5 Å². The van der Waals surface area contributed by atoms with Gasteiger partial charge in [0.15, 0.2) is 15.7 Å². The van der Waals surface area contributed by atoms with E-state index < -0.39 is 9.84 Å². The van der Waals surface area contributed by atoms with Crippen LogP contribution in [0.1, 0.15) is 44.2 Å². The minimum atomic E-state index is -3.37. The Labute approximate surface area is 181 Å². The zero-order valence-electron chi connectivity index (χ0n) is 17.4. The molecule has 5 rings (SSSR count). The molecule has 1 aromatic rings. The lowest BCUT2D eigenvalue weighted by atomic mass is 9.94. The number of fused-ring (bicyclic) bond motifs is 1. The van der Waals surface area contributed by atoms with E-state index in [9.17, 15) is 18.7 Å². The van der Waals surface area contributed by atoms with Gasteiger partial charge in [0, 0.05) is 17.3 Å². The largest absolute Gasteiger partial charge is 0.490 e. The van der Waals surface area contributed by atoms with Crippen LogP contribution in [-0.4, -0.2) is 45.9 Å². The van der Waals surface area contributed by atoms with Gasteiger partial charge in [-0.25, -0.2) is 13.4 Å². The summed E-state index contributed by atoms with van der Waals surface area (Å²) in [5, 5.41) is 19.8. The Morgan fingerprint density at radius 3 is 2.45 bits per heavy atom. The standard InChI is InChI=1S/C23H26N2O5S/c1-14-12-20(19-10-11-24-23(19)25(14)27)21-13-18(31(28,29)17-6-7-17)8-9-22(21)30-16-4-2-15(26)3-5-16/h8-13,15-17,26-27H,2-7H2,1H3. The van der Waals surface area contributed by atoms with Crippen LogP contribution in [0.4, 0.5) is 0 Å². The van der Waals surface area contributed by atoms with Crippen molar-refractivity contribution in [1.29, 1.82) is 0 Å². The Hall–Kier alpha value is -2.58. The number of aromatic nitrogens is 2. The molecule has 0 atom stereocenters. The van der Waals surface area contributed by atoms with Crippen molar-refractivity contribution in [2.24, 2.45) is 0 Å². The molecule has 0 spiro atoms. The van der Waals surface area contributed by atoms with Crippen molar-refractivity contribution in [3.63, 3.8) is 0 Å². The SMILES string of the molecule is Cc1cc(-c2cc(S(=O)(=O)C3CC3)ccc2OC2CCC(O)CC2)c2ccnc-2n1O. The number of benzene rings is 1. The highest BCUT2D eigenvalue weighted by molar-refractivity contribution is 7.92. The summed E-state index contributed by atoms with van der Waals surface area (Å²) in [6, 6.07) is 8.70. The molecule has 0 saturated heterocycles. The Morgan fingerprint density at radius 2 is 1.74 bits per heavy atom. The fourth-order valence-corrected chi connectivity index (χ4v) is 6.04. The first kappa shape index (κ1) is 20.3. The number of hydrogen-bond donors (Lipinski definition) is 2. The number of hydrogen-bond acceptors (Lipinski definition) is 6. The molecule has 2 N–H and O–H groups in total. The molecule has 4 aliphatic rings. The highest BCUT2D eigenvalue weighted by Gasteiger charge is 2.37. The van der Waals surface area contributed by atoms with Crippen LogP contribution in [0.15, 0.2) is 41.4 Å². The molecule has 0 unspecified atom stereocenters. The van der Waals surface area contributed by atoms with E-state index >= 15 is 0 Å². The van der Waals surface area contributed by atoms with Crippen LogP contribution in [0.25, 0.3) is 22.5 Å². The van der Waals surface area contributed by atoms with Crippen LogP contribution in [0, 0.1) is 6.92 Å². The zero-order chi connectivity index (χ0) is 21.8. The number of aryl methyl sites for hydroxylation is 1. The number of aliphatic hydroxyl groups is 1. The normalized spacial score (nSPS) is 22.0. The van der Waals surface area contributed by atoms with Crippen LogP contribution in [0.3, 0.4) is 0 Å². The highest BCUT2D eigenvalue weighted by atomic mass is 32.2. The van der Waals surface area contributed by atoms with Crippen LogP contribution in [-0.2, 0) is 9.84 Å². The fourth-order valence-electron chi connectivity index (χ4n) is 4.36. The van der Waals surface area contributed by atoms with Gasteiger partial charge in [0.2, 0.25) is 0 Å². The lowest BCUT2D eigenvalue weighted by Crippen LogP contribution is -2.26. The molecule has 2 aliphatic carbocycles. The smallest absolute Gasteiger partial charge is 0.181 e. The molecule has 2 heterocycles. The molecule has 2 fully saturated rings. The number of ether oxygens (including phenoxy) is 1. The summed E-state index contributed by atoms with van der Waals surface area (Å²) in [4.78, 5) is 4.55. The average Bonchev–Trinajstić information content (AvgIpc) is 3.51. The fraction of sp³-hybridized carbons (Fsp3) is 0.435. The molecule has 7 nitrogen and oxygen atoms in total. The van der Waals surface area contributed by atoms with Gasteiger partial charge in [-0.3, -0.25) is 0 Å². The molecule has 8 heteroatoms. The van der Waals surface area contributed by atoms with Crippen LogP contribution in [0.5, 0.6) is 5.75 Å². The summed E-state index contributed by atoms with van der Waals surface area (Å²) >= 11 is 0. The molecular formula is C23H26N2O5S. The number of nitrogens with zero attached hydrogens (tertiary/aromatic N) is 2. The third-order valence-corrected chi connectivity index (χ3v) is 8.59. The zero-order valence-corrected chi connectivity index (χ0v) is 18.2. The van der Waals surface area contributed by atoms with Gasteiger partial charge < -0.3 is 15.1 Å². The third kappa shape index (κ3) is 3.68. The maximum absolute atomic E-state index is 12.9. The first-order valence-corrected chi connectivity index (χ1v) is 12.3. The van der Waals surface area contributed by atoms with Crippen LogP contribution >= 0.6 is 0 Å². The Balaban J connectivity index is 1.63. The van der Waals surface area contributed by atoms with Gasteiger partial charge in [0.1, 0.15) is 5.75 Å². The number of pyridine rings is 1. The minimum absolute atomic E-state index is 0.0334. The van der Waals surface area contributed by atoms with Gasteiger partial charge in [-0.05, 0) is 81.3 Å². The first-order chi connectivity index (χ1) is 14.8. The molecule has 0 radical (unpaired) electrons. The molecule has 0 bridgehead atoms. The second kappa shape index (κ2) is 7.53. The van der Waals surface area contributed by atoms with E-state index in [4.69, 9.17) is 4.74 Å². The second-order valence-electron chi connectivity index (χ2n) is 8.64. The van der Waals surface area contributed by atoms with Gasteiger partial charge in [-0.15, -0.1) is 0 Å². The molecule has 0 aromatic heterocycles. The maximum atomic E-state index is 12.9. The number of sulfone groups is 1. The van der Waals surface area contributed by atoms with Crippen molar-refractivity contribution in [2.75, 3.05) is 0 Å². The molecule has 0 amide bonds. The summed E-state index contributed by atoms with van der Waals surface area (Å²) in [5.74, 6) is 1.02. The van der Waals surface area contributed by atoms with Gasteiger partial charge in [-0.1, -0.05) is 0 Å². The molecular weight excluding hydrogens is 416 g/mol. The van der Waals surface area contributed by atoms with Gasteiger partial charge >= 0.3 is 0 Å². The summed E-state index contributed by atoms with van der Waals surface area (Å²) in [5.41, 5.74) is 2.75. The molecule has 2 aliphatic heterocycles. The average molecular weight is 443 g/mol. The maximum Gasteiger partial charge on any atom is 0.181 e. The van der Waals surface area contributed by atoms with Gasteiger partial charge in [-0.2, -0.15) is 4.73 Å². The molecule has 31 heavy (non-hydrogen) atoms. The van der Waals surface area contributed by atoms with Gasteiger partial charge in [0.25, 0.3) is 0 Å². The van der Waals surface area contributed by atoms with E-state index in [-0.39, 0.29) is 17.5 Å². The quantitative estimate of drug-likeness (QED) is 0.583. The lowest BCUT2D eigenvalue weighted by molar-refractivity contribution is 0.0668. The summed E-state index contributed by atoms with van der Waals surface area (Å²) in [6.45, 7) is 1.77. The van der Waals surface area contributed by atoms with Crippen molar-refractivity contribution in [1.82, 2.24) is 9.71 Å². The lowest BCUT2D eigenvalue weighted by Gasteiger charge is -2.27. The predicted molar refractivity (Wildman–Crippen MR) is 115 cm³/mol. The Morgan fingerprint density at radius 1 is 1.00 bits per heavy atom. The van der Waals surface area contributed by atoms with Crippen molar-refractivity contribution in [3.8, 4) is 28.3 Å². The topological polar surface area (TPSA) is 102 Å². The van der Waals surface area contributed by atoms with Crippen molar-refractivity contribution in [2.45, 2.75) is 67.8 Å². The minimum Gasteiger partial charge on any atom is -0.490 e. The summed E-state index contributed by atoms with van der Waals surface area (Å²) in [6.07, 6.45) is 5.60. The molecule has 1 aromatic carbocycles. The third-order valence-electron chi connectivity index (χ3n) is 6.33. The molecule has 2 saturated carbocycles. The van der Waals surface area contributed by atoms with Crippen LogP contribution < -0.4 is 4.74 Å². The Kier molecular flexibility index (Phi) is 4.94. The highest BCUT2D eigenvalue weighted by Crippen LogP contribution is 2.42. The van der Waals surface area contributed by atoms with Crippen LogP contribution in [0.2, 0.25) is 0 Å². The Bertz CT molecular complexity index is 1190. The first-order valence-electron chi connectivity index (χ1n) is 10.7. The monoisotopic (exact) mass is 442 g/mol. The van der Waals surface area contributed by atoms with Gasteiger partial charge in [0.05, 0.1) is 28.0 Å². The number of aliphatic hydroxyl groups excluding tert-OH is 1.